The molecule has 164 valence electrons. The molecule has 3 aromatic rings. The Morgan fingerprint density at radius 1 is 1.19 bits per heavy atom. The Morgan fingerprint density at radius 2 is 1.94 bits per heavy atom. The minimum absolute atomic E-state index is 0.0828. The first-order valence-corrected chi connectivity index (χ1v) is 11.6. The van der Waals surface area contributed by atoms with Crippen molar-refractivity contribution >= 4 is 33.7 Å². The average Bonchev–Trinajstić information content (AvgIpc) is 3.18. The van der Waals surface area contributed by atoms with Gasteiger partial charge in [0.05, 0.1) is 16.8 Å². The summed E-state index contributed by atoms with van der Waals surface area (Å²) in [5, 5.41) is 16.2. The molecule has 0 saturated heterocycles. The molecular formula is C22H22N6O3S. The van der Waals surface area contributed by atoms with E-state index in [0.717, 1.165) is 36.9 Å². The number of pyridine rings is 1. The van der Waals surface area contributed by atoms with Crippen molar-refractivity contribution in [3.8, 4) is 6.07 Å². The molecule has 0 aliphatic heterocycles. The van der Waals surface area contributed by atoms with Gasteiger partial charge in [-0.3, -0.25) is 4.72 Å². The Labute approximate surface area is 186 Å². The zero-order chi connectivity index (χ0) is 22.7. The fourth-order valence-corrected chi connectivity index (χ4v) is 4.64. The van der Waals surface area contributed by atoms with Crippen molar-refractivity contribution in [1.82, 2.24) is 10.1 Å². The SMILES string of the molecule is Cc1cc(NS(=O)(=O)c2ccc(N/C=N/c3nc4c(c(C)c3C#N)CCCC4)cc2)no1. The van der Waals surface area contributed by atoms with E-state index in [9.17, 15) is 13.7 Å². The summed E-state index contributed by atoms with van der Waals surface area (Å²) < 4.78 is 32.2. The molecule has 0 radical (unpaired) electrons. The maximum Gasteiger partial charge on any atom is 0.263 e. The molecule has 0 fully saturated rings. The third-order valence-corrected chi connectivity index (χ3v) is 6.66. The first kappa shape index (κ1) is 21.5. The number of nitrogens with one attached hydrogen (secondary N) is 2. The lowest BCUT2D eigenvalue weighted by Crippen LogP contribution is -2.13. The summed E-state index contributed by atoms with van der Waals surface area (Å²) >= 11 is 0. The smallest absolute Gasteiger partial charge is 0.263 e. The van der Waals surface area contributed by atoms with Gasteiger partial charge in [0.2, 0.25) is 0 Å². The number of hydrogen-bond acceptors (Lipinski definition) is 7. The van der Waals surface area contributed by atoms with Crippen LogP contribution < -0.4 is 10.0 Å². The molecule has 0 saturated carbocycles. The number of aliphatic imine (C=N–C) groups is 1. The van der Waals surface area contributed by atoms with E-state index in [2.05, 4.69) is 31.2 Å². The second kappa shape index (κ2) is 8.80. The highest BCUT2D eigenvalue weighted by atomic mass is 32.2. The fourth-order valence-electron chi connectivity index (χ4n) is 3.66. The van der Waals surface area contributed by atoms with Gasteiger partial charge in [0.1, 0.15) is 11.8 Å². The van der Waals surface area contributed by atoms with E-state index >= 15 is 0 Å². The summed E-state index contributed by atoms with van der Waals surface area (Å²) in [7, 11) is -3.78. The second-order valence-corrected chi connectivity index (χ2v) is 9.22. The number of rotatable bonds is 6. The fraction of sp³-hybridized carbons (Fsp3) is 0.273. The van der Waals surface area contributed by atoms with Crippen LogP contribution in [0.2, 0.25) is 0 Å². The Hall–Kier alpha value is -3.71. The van der Waals surface area contributed by atoms with Crippen LogP contribution in [0, 0.1) is 25.2 Å². The molecule has 1 aromatic carbocycles. The average molecular weight is 451 g/mol. The van der Waals surface area contributed by atoms with Crippen LogP contribution in [-0.4, -0.2) is 24.9 Å². The van der Waals surface area contributed by atoms with E-state index in [1.807, 2.05) is 6.92 Å². The summed E-state index contributed by atoms with van der Waals surface area (Å²) in [5.74, 6) is 1.02. The number of benzene rings is 1. The molecule has 2 N–H and O–H groups in total. The van der Waals surface area contributed by atoms with Crippen molar-refractivity contribution in [3.63, 3.8) is 0 Å². The number of hydrogen-bond donors (Lipinski definition) is 2. The van der Waals surface area contributed by atoms with Gasteiger partial charge in [-0.25, -0.2) is 18.4 Å². The molecular weight excluding hydrogens is 428 g/mol. The molecule has 1 aliphatic rings. The second-order valence-electron chi connectivity index (χ2n) is 7.53. The predicted molar refractivity (Wildman–Crippen MR) is 121 cm³/mol. The Balaban J connectivity index is 1.48. The van der Waals surface area contributed by atoms with Gasteiger partial charge >= 0.3 is 0 Å². The van der Waals surface area contributed by atoms with Crippen LogP contribution in [0.1, 0.15) is 41.0 Å². The van der Waals surface area contributed by atoms with E-state index < -0.39 is 10.0 Å². The molecule has 0 bridgehead atoms. The molecule has 2 heterocycles. The van der Waals surface area contributed by atoms with Crippen LogP contribution in [0.3, 0.4) is 0 Å². The van der Waals surface area contributed by atoms with E-state index in [1.54, 1.807) is 19.1 Å². The van der Waals surface area contributed by atoms with Crippen molar-refractivity contribution in [2.45, 2.75) is 44.4 Å². The van der Waals surface area contributed by atoms with E-state index in [1.165, 1.54) is 30.1 Å². The summed E-state index contributed by atoms with van der Waals surface area (Å²) in [5.41, 5.74) is 4.27. The summed E-state index contributed by atoms with van der Waals surface area (Å²) in [6, 6.07) is 9.88. The van der Waals surface area contributed by atoms with Gasteiger partial charge in [0.15, 0.2) is 11.6 Å². The van der Waals surface area contributed by atoms with Gasteiger partial charge in [-0.15, -0.1) is 0 Å². The van der Waals surface area contributed by atoms with Crippen molar-refractivity contribution in [1.29, 1.82) is 5.26 Å². The first-order chi connectivity index (χ1) is 15.4. The topological polar surface area (TPSA) is 133 Å². The highest BCUT2D eigenvalue weighted by Crippen LogP contribution is 2.30. The number of anilines is 2. The highest BCUT2D eigenvalue weighted by molar-refractivity contribution is 7.92. The first-order valence-electron chi connectivity index (χ1n) is 10.1. The van der Waals surface area contributed by atoms with Crippen LogP contribution in [0.25, 0.3) is 0 Å². The molecule has 0 unspecified atom stereocenters. The highest BCUT2D eigenvalue weighted by Gasteiger charge is 2.19. The zero-order valence-electron chi connectivity index (χ0n) is 17.7. The molecule has 9 nitrogen and oxygen atoms in total. The number of fused-ring (bicyclic) bond motifs is 1. The largest absolute Gasteiger partial charge is 0.360 e. The van der Waals surface area contributed by atoms with Gasteiger partial charge in [-0.05, 0) is 74.9 Å². The molecule has 4 rings (SSSR count). The van der Waals surface area contributed by atoms with Crippen molar-refractivity contribution in [2.75, 3.05) is 10.0 Å². The number of aromatic nitrogens is 2. The van der Waals surface area contributed by atoms with Crippen molar-refractivity contribution in [2.24, 2.45) is 4.99 Å². The van der Waals surface area contributed by atoms with Crippen LogP contribution in [-0.2, 0) is 22.9 Å². The Kier molecular flexibility index (Phi) is 5.92. The molecule has 32 heavy (non-hydrogen) atoms. The van der Waals surface area contributed by atoms with Gasteiger partial charge in [-0.2, -0.15) is 5.26 Å². The molecule has 0 amide bonds. The summed E-state index contributed by atoms with van der Waals surface area (Å²) in [6.07, 6.45) is 5.51. The Bertz CT molecular complexity index is 1320. The minimum atomic E-state index is -3.78. The number of aryl methyl sites for hydroxylation is 2. The van der Waals surface area contributed by atoms with Crippen LogP contribution in [0.4, 0.5) is 17.3 Å². The quantitative estimate of drug-likeness (QED) is 0.428. The number of nitriles is 1. The lowest BCUT2D eigenvalue weighted by atomic mass is 9.90. The van der Waals surface area contributed by atoms with E-state index in [-0.39, 0.29) is 10.7 Å². The summed E-state index contributed by atoms with van der Waals surface area (Å²) in [4.78, 5) is 9.04. The van der Waals surface area contributed by atoms with Gasteiger partial charge in [-0.1, -0.05) is 5.16 Å². The number of nitrogens with zero attached hydrogens (tertiary/aromatic N) is 4. The molecule has 10 heteroatoms. The van der Waals surface area contributed by atoms with Gasteiger partial charge in [0, 0.05) is 17.4 Å². The third kappa shape index (κ3) is 4.48. The van der Waals surface area contributed by atoms with Crippen LogP contribution in [0.15, 0.2) is 44.7 Å². The maximum absolute atomic E-state index is 12.5. The summed E-state index contributed by atoms with van der Waals surface area (Å²) in [6.45, 7) is 3.62. The number of sulfonamides is 1. The normalized spacial score (nSPS) is 13.5. The lowest BCUT2D eigenvalue weighted by Gasteiger charge is -2.18. The molecule has 0 spiro atoms. The third-order valence-electron chi connectivity index (χ3n) is 5.29. The zero-order valence-corrected chi connectivity index (χ0v) is 18.5. The van der Waals surface area contributed by atoms with Gasteiger partial charge in [0.25, 0.3) is 10.0 Å². The molecule has 0 atom stereocenters. The van der Waals surface area contributed by atoms with E-state index in [4.69, 9.17) is 4.52 Å². The van der Waals surface area contributed by atoms with Crippen LogP contribution in [0.5, 0.6) is 0 Å². The minimum Gasteiger partial charge on any atom is -0.360 e. The maximum atomic E-state index is 12.5. The molecule has 2 aromatic heterocycles. The monoisotopic (exact) mass is 450 g/mol. The van der Waals surface area contributed by atoms with Gasteiger partial charge < -0.3 is 9.84 Å². The van der Waals surface area contributed by atoms with Crippen molar-refractivity contribution < 1.29 is 12.9 Å². The molecule has 1 aliphatic carbocycles. The standard InChI is InChI=1S/C22H22N6O3S/c1-14-11-21(27-31-14)28-32(29,30)17-9-7-16(8-10-17)24-13-25-22-19(12-23)15(2)18-5-3-4-6-20(18)26-22/h7-11,13H,3-6H2,1-2H3,(H,27,28)(H,24,25,26). The van der Waals surface area contributed by atoms with E-state index in [0.29, 0.717) is 22.8 Å². The lowest BCUT2D eigenvalue weighted by molar-refractivity contribution is 0.400. The Morgan fingerprint density at radius 3 is 2.62 bits per heavy atom. The van der Waals surface area contributed by atoms with Crippen molar-refractivity contribution in [3.05, 3.63) is 58.5 Å². The predicted octanol–water partition coefficient (Wildman–Crippen LogP) is 4.01. The van der Waals surface area contributed by atoms with Crippen LogP contribution >= 0.6 is 0 Å².